The molecule has 1 unspecified atom stereocenters. The Bertz CT molecular complexity index is 449. The van der Waals surface area contributed by atoms with Crippen LogP contribution in [-0.4, -0.2) is 31.9 Å². The molecule has 0 heterocycles. The lowest BCUT2D eigenvalue weighted by molar-refractivity contribution is -0.144. The Morgan fingerprint density at radius 3 is 2.29 bits per heavy atom. The highest BCUT2D eigenvalue weighted by Crippen LogP contribution is 2.33. The van der Waals surface area contributed by atoms with Crippen LogP contribution in [0.1, 0.15) is 12.5 Å². The summed E-state index contributed by atoms with van der Waals surface area (Å²) in [7, 11) is 0. The largest absolute Gasteiger partial charge is 0.508 e. The van der Waals surface area contributed by atoms with Crippen LogP contribution in [0.25, 0.3) is 0 Å². The van der Waals surface area contributed by atoms with Gasteiger partial charge < -0.3 is 20.4 Å². The van der Waals surface area contributed by atoms with Crippen molar-refractivity contribution in [3.8, 4) is 17.2 Å². The normalized spacial score (nSPS) is 14.2. The molecule has 1 aromatic rings. The molecule has 0 amide bonds. The minimum atomic E-state index is -1.49. The molecule has 0 aliphatic carbocycles. The summed E-state index contributed by atoms with van der Waals surface area (Å²) in [6.07, 6.45) is -0.154. The fraction of sp³-hybridized carbons (Fsp3) is 0.300. The van der Waals surface area contributed by atoms with Gasteiger partial charge in [-0.3, -0.25) is 10.6 Å². The summed E-state index contributed by atoms with van der Waals surface area (Å²) in [6.45, 7) is 1.33. The van der Waals surface area contributed by atoms with E-state index in [9.17, 15) is 15.0 Å². The Morgan fingerprint density at radius 1 is 1.29 bits per heavy atom. The Balaban J connectivity index is 3.10. The molecule has 0 spiro atoms. The predicted molar refractivity (Wildman–Crippen MR) is 58.5 cm³/mol. The number of hydrogen-bond donors (Lipinski definition) is 6. The van der Waals surface area contributed by atoms with Gasteiger partial charge in [0.2, 0.25) is 0 Å². The number of hydrazine groups is 1. The van der Waals surface area contributed by atoms with Crippen molar-refractivity contribution in [1.82, 2.24) is 5.43 Å². The SMILES string of the molecule is CC(Cc1cc(O)c(O)cc1O)(NN)C(=O)O. The third-order valence-corrected chi connectivity index (χ3v) is 2.51. The number of rotatable bonds is 4. The van der Waals surface area contributed by atoms with Gasteiger partial charge in [0.05, 0.1) is 0 Å². The fourth-order valence-corrected chi connectivity index (χ4v) is 1.32. The van der Waals surface area contributed by atoms with Crippen molar-refractivity contribution < 1.29 is 25.2 Å². The van der Waals surface area contributed by atoms with E-state index in [0.29, 0.717) is 0 Å². The Hall–Kier alpha value is -1.99. The summed E-state index contributed by atoms with van der Waals surface area (Å²) in [5.74, 6) is 2.71. The van der Waals surface area contributed by atoms with Crippen LogP contribution in [-0.2, 0) is 11.2 Å². The summed E-state index contributed by atoms with van der Waals surface area (Å²) in [5.41, 5.74) is 0.803. The number of aromatic hydroxyl groups is 3. The molecule has 0 aliphatic heterocycles. The summed E-state index contributed by atoms with van der Waals surface area (Å²) < 4.78 is 0. The first-order valence-corrected chi connectivity index (χ1v) is 4.75. The number of phenols is 3. The smallest absolute Gasteiger partial charge is 0.325 e. The second-order valence-corrected chi connectivity index (χ2v) is 3.93. The maximum atomic E-state index is 11.0. The molecule has 17 heavy (non-hydrogen) atoms. The highest BCUT2D eigenvalue weighted by atomic mass is 16.4. The highest BCUT2D eigenvalue weighted by Gasteiger charge is 2.33. The molecule has 1 rings (SSSR count). The Morgan fingerprint density at radius 2 is 1.82 bits per heavy atom. The van der Waals surface area contributed by atoms with E-state index in [4.69, 9.17) is 16.1 Å². The first kappa shape index (κ1) is 13.1. The van der Waals surface area contributed by atoms with Crippen LogP contribution in [0.4, 0.5) is 0 Å². The lowest BCUT2D eigenvalue weighted by Gasteiger charge is -2.24. The molecular formula is C10H14N2O5. The Labute approximate surface area is 97.1 Å². The maximum Gasteiger partial charge on any atom is 0.325 e. The average molecular weight is 242 g/mol. The van der Waals surface area contributed by atoms with E-state index in [-0.39, 0.29) is 17.7 Å². The van der Waals surface area contributed by atoms with E-state index in [1.807, 2.05) is 0 Å². The number of aliphatic carboxylic acids is 1. The minimum Gasteiger partial charge on any atom is -0.508 e. The molecule has 0 aromatic heterocycles. The van der Waals surface area contributed by atoms with Crippen molar-refractivity contribution in [3.05, 3.63) is 17.7 Å². The standard InChI is InChI=1S/C10H14N2O5/c1-10(12-11,9(16)17)4-5-2-7(14)8(15)3-6(5)13/h2-3,12-15H,4,11H2,1H3,(H,16,17). The van der Waals surface area contributed by atoms with Crippen LogP contribution in [0.15, 0.2) is 12.1 Å². The molecule has 1 aromatic carbocycles. The molecule has 0 fully saturated rings. The van der Waals surface area contributed by atoms with E-state index < -0.39 is 23.0 Å². The molecular weight excluding hydrogens is 228 g/mol. The third kappa shape index (κ3) is 2.58. The van der Waals surface area contributed by atoms with Crippen molar-refractivity contribution in [3.63, 3.8) is 0 Å². The zero-order valence-electron chi connectivity index (χ0n) is 9.14. The molecule has 0 saturated heterocycles. The number of phenolic OH excluding ortho intramolecular Hbond substituents is 3. The molecule has 1 atom stereocenters. The van der Waals surface area contributed by atoms with Gasteiger partial charge in [0, 0.05) is 18.1 Å². The lowest BCUT2D eigenvalue weighted by Crippen LogP contribution is -2.54. The number of nitrogens with one attached hydrogen (secondary N) is 1. The molecule has 0 radical (unpaired) electrons. The van der Waals surface area contributed by atoms with Crippen LogP contribution < -0.4 is 11.3 Å². The zero-order chi connectivity index (χ0) is 13.2. The van der Waals surface area contributed by atoms with E-state index in [1.165, 1.54) is 6.92 Å². The topological polar surface area (TPSA) is 136 Å². The van der Waals surface area contributed by atoms with Gasteiger partial charge >= 0.3 is 5.97 Å². The molecule has 7 N–H and O–H groups in total. The average Bonchev–Trinajstić information content (AvgIpc) is 2.25. The maximum absolute atomic E-state index is 11.0. The van der Waals surface area contributed by atoms with Crippen LogP contribution in [0, 0.1) is 0 Å². The van der Waals surface area contributed by atoms with Crippen LogP contribution in [0.5, 0.6) is 17.2 Å². The van der Waals surface area contributed by atoms with Crippen molar-refractivity contribution in [2.45, 2.75) is 18.9 Å². The summed E-state index contributed by atoms with van der Waals surface area (Å²) in [4.78, 5) is 11.0. The monoisotopic (exact) mass is 242 g/mol. The molecule has 7 heteroatoms. The number of carboxylic acid groups (broad SMARTS) is 1. The number of nitrogens with two attached hydrogens (primary N) is 1. The van der Waals surface area contributed by atoms with Crippen molar-refractivity contribution in [2.75, 3.05) is 0 Å². The van der Waals surface area contributed by atoms with E-state index >= 15 is 0 Å². The van der Waals surface area contributed by atoms with E-state index in [0.717, 1.165) is 12.1 Å². The van der Waals surface area contributed by atoms with Crippen molar-refractivity contribution in [2.24, 2.45) is 5.84 Å². The van der Waals surface area contributed by atoms with Crippen LogP contribution in [0.3, 0.4) is 0 Å². The first-order valence-electron chi connectivity index (χ1n) is 4.75. The lowest BCUT2D eigenvalue weighted by atomic mass is 9.93. The molecule has 94 valence electrons. The molecule has 7 nitrogen and oxygen atoms in total. The van der Waals surface area contributed by atoms with Gasteiger partial charge in [-0.25, -0.2) is 5.43 Å². The second-order valence-electron chi connectivity index (χ2n) is 3.93. The number of hydrogen-bond acceptors (Lipinski definition) is 6. The number of carbonyl (C=O) groups is 1. The van der Waals surface area contributed by atoms with Gasteiger partial charge in [-0.15, -0.1) is 0 Å². The van der Waals surface area contributed by atoms with Gasteiger partial charge in [-0.05, 0) is 13.0 Å². The molecule has 0 aliphatic rings. The molecule has 0 saturated carbocycles. The number of benzene rings is 1. The first-order chi connectivity index (χ1) is 7.80. The quantitative estimate of drug-likeness (QED) is 0.184. The van der Waals surface area contributed by atoms with Crippen LogP contribution in [0.2, 0.25) is 0 Å². The van der Waals surface area contributed by atoms with Gasteiger partial charge in [0.1, 0.15) is 11.3 Å². The summed E-state index contributed by atoms with van der Waals surface area (Å²) >= 11 is 0. The minimum absolute atomic E-state index is 0.154. The fourth-order valence-electron chi connectivity index (χ4n) is 1.32. The van der Waals surface area contributed by atoms with Gasteiger partial charge in [0.25, 0.3) is 0 Å². The van der Waals surface area contributed by atoms with Crippen molar-refractivity contribution >= 4 is 5.97 Å². The zero-order valence-corrected chi connectivity index (χ0v) is 9.14. The Kier molecular flexibility index (Phi) is 3.45. The van der Waals surface area contributed by atoms with Gasteiger partial charge in [-0.2, -0.15) is 0 Å². The predicted octanol–water partition coefficient (Wildman–Crippen LogP) is -0.348. The highest BCUT2D eigenvalue weighted by molar-refractivity contribution is 5.78. The summed E-state index contributed by atoms with van der Waals surface area (Å²) in [5, 5.41) is 36.9. The third-order valence-electron chi connectivity index (χ3n) is 2.51. The second kappa shape index (κ2) is 4.48. The number of carboxylic acids is 1. The molecule has 0 bridgehead atoms. The van der Waals surface area contributed by atoms with E-state index in [1.54, 1.807) is 0 Å². The van der Waals surface area contributed by atoms with Crippen LogP contribution >= 0.6 is 0 Å². The van der Waals surface area contributed by atoms with E-state index in [2.05, 4.69) is 5.43 Å². The van der Waals surface area contributed by atoms with Crippen molar-refractivity contribution in [1.29, 1.82) is 0 Å². The summed E-state index contributed by atoms with van der Waals surface area (Å²) in [6, 6.07) is 2.02. The van der Waals surface area contributed by atoms with Gasteiger partial charge in [0.15, 0.2) is 11.5 Å². The van der Waals surface area contributed by atoms with Gasteiger partial charge in [-0.1, -0.05) is 0 Å².